The maximum atomic E-state index is 12.2. The van der Waals surface area contributed by atoms with Crippen molar-refractivity contribution in [1.29, 1.82) is 0 Å². The van der Waals surface area contributed by atoms with Gasteiger partial charge in [0.15, 0.2) is 0 Å². The molecule has 1 aromatic heterocycles. The average Bonchev–Trinajstić information content (AvgIpc) is 3.05. The van der Waals surface area contributed by atoms with Crippen molar-refractivity contribution in [2.75, 3.05) is 13.2 Å². The van der Waals surface area contributed by atoms with Crippen LogP contribution in [-0.4, -0.2) is 30.1 Å². The zero-order valence-corrected chi connectivity index (χ0v) is 12.1. The lowest BCUT2D eigenvalue weighted by atomic mass is 10.1. The van der Waals surface area contributed by atoms with Crippen LogP contribution in [0.15, 0.2) is 18.2 Å². The summed E-state index contributed by atoms with van der Waals surface area (Å²) in [5.74, 6) is -0.0923. The fourth-order valence-electron chi connectivity index (χ4n) is 2.63. The van der Waals surface area contributed by atoms with Crippen LogP contribution in [0.1, 0.15) is 28.9 Å². The van der Waals surface area contributed by atoms with Crippen LogP contribution in [0, 0.1) is 6.92 Å². The summed E-state index contributed by atoms with van der Waals surface area (Å²) in [4.78, 5) is 15.4. The predicted molar refractivity (Wildman–Crippen MR) is 79.4 cm³/mol. The van der Waals surface area contributed by atoms with Crippen molar-refractivity contribution in [1.82, 2.24) is 10.3 Å². The molecule has 1 amide bonds. The predicted octanol–water partition coefficient (Wildman–Crippen LogP) is 3.04. The Hall–Kier alpha value is -1.52. The van der Waals surface area contributed by atoms with Gasteiger partial charge >= 0.3 is 0 Å². The number of benzene rings is 1. The van der Waals surface area contributed by atoms with E-state index >= 15 is 0 Å². The van der Waals surface area contributed by atoms with Gasteiger partial charge in [0.25, 0.3) is 5.91 Å². The highest BCUT2D eigenvalue weighted by molar-refractivity contribution is 6.31. The molecule has 1 aliphatic heterocycles. The van der Waals surface area contributed by atoms with Gasteiger partial charge in [0.2, 0.25) is 0 Å². The second-order valence-corrected chi connectivity index (χ2v) is 5.60. The van der Waals surface area contributed by atoms with Crippen molar-refractivity contribution in [3.05, 3.63) is 34.5 Å². The summed E-state index contributed by atoms with van der Waals surface area (Å²) in [5, 5.41) is 4.59. The monoisotopic (exact) mass is 292 g/mol. The fraction of sp³-hybridized carbons (Fsp3) is 0.400. The number of halogens is 1. The van der Waals surface area contributed by atoms with Gasteiger partial charge in [0.05, 0.1) is 6.10 Å². The van der Waals surface area contributed by atoms with E-state index in [-0.39, 0.29) is 12.0 Å². The first-order chi connectivity index (χ1) is 9.65. The fourth-order valence-corrected chi connectivity index (χ4v) is 2.80. The molecule has 5 heteroatoms. The number of H-pyrrole nitrogens is 1. The SMILES string of the molecule is Cc1c(C(=O)NCC2CCCO2)[nH]c2ccc(Cl)cc12. The van der Waals surface area contributed by atoms with E-state index in [1.165, 1.54) is 0 Å². The molecule has 20 heavy (non-hydrogen) atoms. The van der Waals surface area contributed by atoms with E-state index in [2.05, 4.69) is 10.3 Å². The molecule has 1 atom stereocenters. The third kappa shape index (κ3) is 2.53. The van der Waals surface area contributed by atoms with Crippen LogP contribution in [0.4, 0.5) is 0 Å². The van der Waals surface area contributed by atoms with Crippen molar-refractivity contribution >= 4 is 28.4 Å². The second kappa shape index (κ2) is 5.46. The number of nitrogens with one attached hydrogen (secondary N) is 2. The molecule has 1 unspecified atom stereocenters. The molecule has 3 rings (SSSR count). The molecule has 1 fully saturated rings. The molecule has 0 aliphatic carbocycles. The number of amides is 1. The van der Waals surface area contributed by atoms with Gasteiger partial charge in [-0.25, -0.2) is 0 Å². The Morgan fingerprint density at radius 2 is 2.40 bits per heavy atom. The van der Waals surface area contributed by atoms with Gasteiger partial charge in [0, 0.05) is 29.1 Å². The van der Waals surface area contributed by atoms with Gasteiger partial charge < -0.3 is 15.0 Å². The van der Waals surface area contributed by atoms with Crippen LogP contribution >= 0.6 is 11.6 Å². The number of carbonyl (C=O) groups is 1. The van der Waals surface area contributed by atoms with E-state index in [4.69, 9.17) is 16.3 Å². The number of fused-ring (bicyclic) bond motifs is 1. The van der Waals surface area contributed by atoms with Crippen molar-refractivity contribution in [3.8, 4) is 0 Å². The number of hydrogen-bond donors (Lipinski definition) is 2. The van der Waals surface area contributed by atoms with Gasteiger partial charge in [-0.1, -0.05) is 11.6 Å². The highest BCUT2D eigenvalue weighted by atomic mass is 35.5. The van der Waals surface area contributed by atoms with Crippen molar-refractivity contribution in [2.45, 2.75) is 25.9 Å². The Labute approximate surface area is 122 Å². The molecule has 0 saturated carbocycles. The molecular formula is C15H17ClN2O2. The smallest absolute Gasteiger partial charge is 0.268 e. The lowest BCUT2D eigenvalue weighted by molar-refractivity contribution is 0.0854. The Morgan fingerprint density at radius 1 is 1.55 bits per heavy atom. The first-order valence-corrected chi connectivity index (χ1v) is 7.20. The molecular weight excluding hydrogens is 276 g/mol. The van der Waals surface area contributed by atoms with E-state index in [1.807, 2.05) is 25.1 Å². The molecule has 0 spiro atoms. The summed E-state index contributed by atoms with van der Waals surface area (Å²) in [7, 11) is 0. The lowest BCUT2D eigenvalue weighted by Gasteiger charge is -2.10. The van der Waals surface area contributed by atoms with Crippen LogP contribution < -0.4 is 5.32 Å². The Kier molecular flexibility index (Phi) is 3.68. The quantitative estimate of drug-likeness (QED) is 0.913. The van der Waals surface area contributed by atoms with Gasteiger partial charge in [-0.3, -0.25) is 4.79 Å². The van der Waals surface area contributed by atoms with Crippen molar-refractivity contribution in [2.24, 2.45) is 0 Å². The summed E-state index contributed by atoms with van der Waals surface area (Å²) in [6.45, 7) is 3.29. The van der Waals surface area contributed by atoms with E-state index in [0.29, 0.717) is 17.3 Å². The summed E-state index contributed by atoms with van der Waals surface area (Å²) >= 11 is 6.00. The Bertz CT molecular complexity index is 645. The molecule has 2 heterocycles. The largest absolute Gasteiger partial charge is 0.376 e. The van der Waals surface area contributed by atoms with Crippen LogP contribution in [-0.2, 0) is 4.74 Å². The first kappa shape index (κ1) is 13.5. The van der Waals surface area contributed by atoms with Crippen LogP contribution in [0.2, 0.25) is 5.02 Å². The van der Waals surface area contributed by atoms with E-state index in [1.54, 1.807) is 0 Å². The number of aromatic nitrogens is 1. The second-order valence-electron chi connectivity index (χ2n) is 5.16. The van der Waals surface area contributed by atoms with Gasteiger partial charge in [-0.05, 0) is 43.5 Å². The molecule has 0 bridgehead atoms. The minimum Gasteiger partial charge on any atom is -0.376 e. The highest BCUT2D eigenvalue weighted by Gasteiger charge is 2.19. The number of aromatic amines is 1. The normalized spacial score (nSPS) is 18.6. The summed E-state index contributed by atoms with van der Waals surface area (Å²) in [5.41, 5.74) is 2.45. The number of carbonyl (C=O) groups excluding carboxylic acids is 1. The van der Waals surface area contributed by atoms with E-state index < -0.39 is 0 Å². The van der Waals surface area contributed by atoms with E-state index in [9.17, 15) is 4.79 Å². The molecule has 4 nitrogen and oxygen atoms in total. The van der Waals surface area contributed by atoms with E-state index in [0.717, 1.165) is 35.9 Å². The maximum absolute atomic E-state index is 12.2. The van der Waals surface area contributed by atoms with Crippen molar-refractivity contribution in [3.63, 3.8) is 0 Å². The van der Waals surface area contributed by atoms with Crippen LogP contribution in [0.3, 0.4) is 0 Å². The third-order valence-corrected chi connectivity index (χ3v) is 4.00. The maximum Gasteiger partial charge on any atom is 0.268 e. The third-order valence-electron chi connectivity index (χ3n) is 3.76. The zero-order valence-electron chi connectivity index (χ0n) is 11.3. The summed E-state index contributed by atoms with van der Waals surface area (Å²) < 4.78 is 5.50. The molecule has 1 saturated heterocycles. The Morgan fingerprint density at radius 3 is 3.15 bits per heavy atom. The molecule has 1 aromatic carbocycles. The van der Waals surface area contributed by atoms with Gasteiger partial charge in [0.1, 0.15) is 5.69 Å². The lowest BCUT2D eigenvalue weighted by Crippen LogP contribution is -2.32. The summed E-state index contributed by atoms with van der Waals surface area (Å²) in [6, 6.07) is 5.58. The number of rotatable bonds is 3. The van der Waals surface area contributed by atoms with Gasteiger partial charge in [-0.2, -0.15) is 0 Å². The molecule has 106 valence electrons. The summed E-state index contributed by atoms with van der Waals surface area (Å²) in [6.07, 6.45) is 2.24. The van der Waals surface area contributed by atoms with Crippen LogP contribution in [0.25, 0.3) is 10.9 Å². The Balaban J connectivity index is 1.78. The topological polar surface area (TPSA) is 54.1 Å². The van der Waals surface area contributed by atoms with Crippen molar-refractivity contribution < 1.29 is 9.53 Å². The molecule has 2 N–H and O–H groups in total. The average molecular weight is 293 g/mol. The number of hydrogen-bond acceptors (Lipinski definition) is 2. The molecule has 1 aliphatic rings. The highest BCUT2D eigenvalue weighted by Crippen LogP contribution is 2.25. The van der Waals surface area contributed by atoms with Crippen LogP contribution in [0.5, 0.6) is 0 Å². The number of ether oxygens (including phenoxy) is 1. The molecule has 0 radical (unpaired) electrons. The first-order valence-electron chi connectivity index (χ1n) is 6.83. The molecule has 2 aromatic rings. The number of aryl methyl sites for hydroxylation is 1. The zero-order chi connectivity index (χ0) is 14.1. The standard InChI is InChI=1S/C15H17ClN2O2/c1-9-12-7-10(16)4-5-13(12)18-14(9)15(19)17-8-11-3-2-6-20-11/h4-5,7,11,18H,2-3,6,8H2,1H3,(H,17,19). The van der Waals surface area contributed by atoms with Gasteiger partial charge in [-0.15, -0.1) is 0 Å². The minimum absolute atomic E-state index is 0.0923. The minimum atomic E-state index is -0.0923.